The van der Waals surface area contributed by atoms with E-state index in [9.17, 15) is 9.59 Å². The minimum Gasteiger partial charge on any atom is -0.339 e. The SMILES string of the molecule is NC1(C(=O)N2CCN(C(=O)C3CC3)CC2)CC1. The van der Waals surface area contributed by atoms with Crippen molar-refractivity contribution in [1.29, 1.82) is 0 Å². The largest absolute Gasteiger partial charge is 0.339 e. The molecule has 0 aromatic carbocycles. The first-order valence-corrected chi connectivity index (χ1v) is 6.47. The molecule has 3 fully saturated rings. The Hall–Kier alpha value is -1.10. The van der Waals surface area contributed by atoms with E-state index in [1.807, 2.05) is 9.80 Å². The van der Waals surface area contributed by atoms with Crippen LogP contribution >= 0.6 is 0 Å². The van der Waals surface area contributed by atoms with Crippen LogP contribution in [0.3, 0.4) is 0 Å². The van der Waals surface area contributed by atoms with Crippen LogP contribution in [-0.4, -0.2) is 53.3 Å². The van der Waals surface area contributed by atoms with Crippen LogP contribution in [0.4, 0.5) is 0 Å². The molecule has 0 spiro atoms. The Bertz CT molecular complexity index is 353. The molecule has 5 nitrogen and oxygen atoms in total. The van der Waals surface area contributed by atoms with Crippen LogP contribution in [0.2, 0.25) is 0 Å². The van der Waals surface area contributed by atoms with Crippen molar-refractivity contribution in [2.75, 3.05) is 26.2 Å². The fraction of sp³-hybridized carbons (Fsp3) is 0.833. The zero-order valence-electron chi connectivity index (χ0n) is 10.0. The summed E-state index contributed by atoms with van der Waals surface area (Å²) in [6.45, 7) is 2.65. The van der Waals surface area contributed by atoms with Gasteiger partial charge in [0.1, 0.15) is 0 Å². The van der Waals surface area contributed by atoms with Gasteiger partial charge in [-0.2, -0.15) is 0 Å². The van der Waals surface area contributed by atoms with Gasteiger partial charge in [0.05, 0.1) is 5.54 Å². The van der Waals surface area contributed by atoms with E-state index in [4.69, 9.17) is 5.73 Å². The smallest absolute Gasteiger partial charge is 0.242 e. The van der Waals surface area contributed by atoms with Crippen molar-refractivity contribution in [2.24, 2.45) is 11.7 Å². The predicted octanol–water partition coefficient (Wildman–Crippen LogP) is -0.441. The van der Waals surface area contributed by atoms with Crippen molar-refractivity contribution in [3.8, 4) is 0 Å². The second kappa shape index (κ2) is 3.70. The number of piperazine rings is 1. The molecular formula is C12H19N3O2. The zero-order chi connectivity index (χ0) is 12.0. The van der Waals surface area contributed by atoms with Crippen molar-refractivity contribution in [1.82, 2.24) is 9.80 Å². The molecule has 0 aromatic heterocycles. The lowest BCUT2D eigenvalue weighted by Crippen LogP contribution is -2.55. The molecule has 0 atom stereocenters. The maximum Gasteiger partial charge on any atom is 0.242 e. The predicted molar refractivity (Wildman–Crippen MR) is 62.0 cm³/mol. The van der Waals surface area contributed by atoms with E-state index in [-0.39, 0.29) is 17.7 Å². The van der Waals surface area contributed by atoms with Crippen molar-refractivity contribution in [3.05, 3.63) is 0 Å². The molecule has 2 saturated carbocycles. The molecule has 0 radical (unpaired) electrons. The van der Waals surface area contributed by atoms with E-state index in [0.29, 0.717) is 26.2 Å². The highest BCUT2D eigenvalue weighted by Gasteiger charge is 2.48. The second-order valence-corrected chi connectivity index (χ2v) is 5.55. The Morgan fingerprint density at radius 2 is 1.53 bits per heavy atom. The fourth-order valence-electron chi connectivity index (χ4n) is 2.38. The molecule has 3 rings (SSSR count). The minimum atomic E-state index is -0.567. The van der Waals surface area contributed by atoms with Gasteiger partial charge in [-0.25, -0.2) is 0 Å². The first-order chi connectivity index (χ1) is 8.10. The average molecular weight is 237 g/mol. The maximum absolute atomic E-state index is 12.0. The third-order valence-corrected chi connectivity index (χ3v) is 4.02. The molecule has 1 heterocycles. The van der Waals surface area contributed by atoms with Gasteiger partial charge in [0.15, 0.2) is 0 Å². The summed E-state index contributed by atoms with van der Waals surface area (Å²) in [6.07, 6.45) is 3.72. The first kappa shape index (κ1) is 11.0. The Balaban J connectivity index is 1.53. The topological polar surface area (TPSA) is 66.6 Å². The molecule has 2 amide bonds. The lowest BCUT2D eigenvalue weighted by Gasteiger charge is -2.36. The summed E-state index contributed by atoms with van der Waals surface area (Å²) in [6, 6.07) is 0. The van der Waals surface area contributed by atoms with Gasteiger partial charge in [-0.15, -0.1) is 0 Å². The van der Waals surface area contributed by atoms with Crippen LogP contribution in [-0.2, 0) is 9.59 Å². The van der Waals surface area contributed by atoms with E-state index in [1.54, 1.807) is 0 Å². The molecule has 2 aliphatic carbocycles. The molecule has 1 saturated heterocycles. The van der Waals surface area contributed by atoms with Crippen molar-refractivity contribution < 1.29 is 9.59 Å². The Kier molecular flexibility index (Phi) is 2.40. The third-order valence-electron chi connectivity index (χ3n) is 4.02. The Morgan fingerprint density at radius 3 is 2.00 bits per heavy atom. The number of amides is 2. The van der Waals surface area contributed by atoms with Gasteiger partial charge in [-0.3, -0.25) is 9.59 Å². The third kappa shape index (κ3) is 2.04. The highest BCUT2D eigenvalue weighted by molar-refractivity contribution is 5.89. The van der Waals surface area contributed by atoms with Gasteiger partial charge in [0.2, 0.25) is 11.8 Å². The van der Waals surface area contributed by atoms with E-state index in [2.05, 4.69) is 0 Å². The van der Waals surface area contributed by atoms with E-state index in [0.717, 1.165) is 25.7 Å². The monoisotopic (exact) mass is 237 g/mol. The zero-order valence-corrected chi connectivity index (χ0v) is 10.0. The van der Waals surface area contributed by atoms with Gasteiger partial charge >= 0.3 is 0 Å². The molecule has 94 valence electrons. The number of hydrogen-bond acceptors (Lipinski definition) is 3. The molecular weight excluding hydrogens is 218 g/mol. The molecule has 1 aliphatic heterocycles. The molecule has 2 N–H and O–H groups in total. The molecule has 3 aliphatic rings. The summed E-state index contributed by atoms with van der Waals surface area (Å²) in [7, 11) is 0. The van der Waals surface area contributed by atoms with Crippen LogP contribution in [0.1, 0.15) is 25.7 Å². The lowest BCUT2D eigenvalue weighted by molar-refractivity contribution is -0.141. The number of carbonyl (C=O) groups is 2. The van der Waals surface area contributed by atoms with E-state index in [1.165, 1.54) is 0 Å². The Morgan fingerprint density at radius 1 is 1.00 bits per heavy atom. The van der Waals surface area contributed by atoms with Gasteiger partial charge in [-0.05, 0) is 25.7 Å². The van der Waals surface area contributed by atoms with Gasteiger partial charge in [0, 0.05) is 32.1 Å². The van der Waals surface area contributed by atoms with Crippen molar-refractivity contribution >= 4 is 11.8 Å². The number of rotatable bonds is 2. The van der Waals surface area contributed by atoms with Crippen molar-refractivity contribution in [2.45, 2.75) is 31.2 Å². The summed E-state index contributed by atoms with van der Waals surface area (Å²) < 4.78 is 0. The van der Waals surface area contributed by atoms with Crippen LogP contribution in [0.5, 0.6) is 0 Å². The van der Waals surface area contributed by atoms with Gasteiger partial charge in [0.25, 0.3) is 0 Å². The molecule has 0 bridgehead atoms. The van der Waals surface area contributed by atoms with E-state index < -0.39 is 5.54 Å². The molecule has 0 aromatic rings. The maximum atomic E-state index is 12.0. The quantitative estimate of drug-likeness (QED) is 0.708. The van der Waals surface area contributed by atoms with Crippen LogP contribution < -0.4 is 5.73 Å². The normalized spacial score (nSPS) is 26.9. The standard InChI is InChI=1S/C12H19N3O2/c13-12(3-4-12)11(17)15-7-5-14(6-8-15)10(16)9-1-2-9/h9H,1-8,13H2. The highest BCUT2D eigenvalue weighted by Crippen LogP contribution is 2.35. The second-order valence-electron chi connectivity index (χ2n) is 5.55. The molecule has 5 heteroatoms. The van der Waals surface area contributed by atoms with Gasteiger partial charge in [-0.1, -0.05) is 0 Å². The Labute approximate surface area is 101 Å². The van der Waals surface area contributed by atoms with Crippen LogP contribution in [0.25, 0.3) is 0 Å². The van der Waals surface area contributed by atoms with Crippen molar-refractivity contribution in [3.63, 3.8) is 0 Å². The number of nitrogens with two attached hydrogens (primary N) is 1. The van der Waals surface area contributed by atoms with Crippen LogP contribution in [0.15, 0.2) is 0 Å². The molecule has 0 unspecified atom stereocenters. The summed E-state index contributed by atoms with van der Waals surface area (Å²) in [4.78, 5) is 27.6. The first-order valence-electron chi connectivity index (χ1n) is 6.47. The van der Waals surface area contributed by atoms with E-state index >= 15 is 0 Å². The average Bonchev–Trinajstić information content (AvgIpc) is 3.22. The fourth-order valence-corrected chi connectivity index (χ4v) is 2.38. The lowest BCUT2D eigenvalue weighted by atomic mass is 10.2. The highest BCUT2D eigenvalue weighted by atomic mass is 16.2. The number of nitrogens with zero attached hydrogens (tertiary/aromatic N) is 2. The van der Waals surface area contributed by atoms with Crippen LogP contribution in [0, 0.1) is 5.92 Å². The summed E-state index contributed by atoms with van der Waals surface area (Å²) in [5, 5.41) is 0. The minimum absolute atomic E-state index is 0.0796. The summed E-state index contributed by atoms with van der Waals surface area (Å²) in [5.74, 6) is 0.642. The molecule has 17 heavy (non-hydrogen) atoms. The summed E-state index contributed by atoms with van der Waals surface area (Å²) >= 11 is 0. The summed E-state index contributed by atoms with van der Waals surface area (Å²) in [5.41, 5.74) is 5.34. The number of carbonyl (C=O) groups excluding carboxylic acids is 2. The number of hydrogen-bond donors (Lipinski definition) is 1. The van der Waals surface area contributed by atoms with Gasteiger partial charge < -0.3 is 15.5 Å².